The van der Waals surface area contributed by atoms with Gasteiger partial charge in [0.2, 0.25) is 0 Å². The Morgan fingerprint density at radius 2 is 1.35 bits per heavy atom. The molecule has 0 spiro atoms. The average Bonchev–Trinajstić information content (AvgIpc) is 2.49. The van der Waals surface area contributed by atoms with E-state index in [1.165, 1.54) is 18.2 Å². The third-order valence-corrected chi connectivity index (χ3v) is 3.57. The minimum absolute atomic E-state index is 0.109. The third-order valence-electron chi connectivity index (χ3n) is 3.57. The quantitative estimate of drug-likeness (QED) is 0.882. The Labute approximate surface area is 116 Å². The molecule has 0 unspecified atom stereocenters. The second-order valence-corrected chi connectivity index (χ2v) is 4.84. The summed E-state index contributed by atoms with van der Waals surface area (Å²) < 4.78 is 27.5. The van der Waals surface area contributed by atoms with Crippen LogP contribution in [0.3, 0.4) is 0 Å². The number of benzene rings is 2. The Morgan fingerprint density at radius 3 is 1.85 bits per heavy atom. The minimum Gasteiger partial charge on any atom is -0.395 e. The Kier molecular flexibility index (Phi) is 4.47. The van der Waals surface area contributed by atoms with Crippen molar-refractivity contribution in [2.75, 3.05) is 13.2 Å². The van der Waals surface area contributed by atoms with Crippen molar-refractivity contribution in [3.8, 4) is 0 Å². The topological polar surface area (TPSA) is 40.5 Å². The van der Waals surface area contributed by atoms with Crippen LogP contribution in [0, 0.1) is 11.6 Å². The summed E-state index contributed by atoms with van der Waals surface area (Å²) in [5, 5.41) is 19.3. The Bertz CT molecular complexity index is 546. The van der Waals surface area contributed by atoms with Gasteiger partial charge in [0.25, 0.3) is 0 Å². The van der Waals surface area contributed by atoms with Gasteiger partial charge in [-0.3, -0.25) is 0 Å². The largest absolute Gasteiger partial charge is 0.395 e. The van der Waals surface area contributed by atoms with Gasteiger partial charge in [0, 0.05) is 11.0 Å². The molecule has 0 saturated carbocycles. The van der Waals surface area contributed by atoms with Crippen LogP contribution in [0.2, 0.25) is 0 Å². The molecule has 2 rings (SSSR count). The maximum absolute atomic E-state index is 13.8. The summed E-state index contributed by atoms with van der Waals surface area (Å²) >= 11 is 0. The number of hydrogen-bond acceptors (Lipinski definition) is 2. The molecule has 4 heteroatoms. The van der Waals surface area contributed by atoms with Gasteiger partial charge in [-0.15, -0.1) is 0 Å². The first-order valence-corrected chi connectivity index (χ1v) is 6.33. The van der Waals surface area contributed by atoms with Crippen molar-refractivity contribution in [1.82, 2.24) is 0 Å². The van der Waals surface area contributed by atoms with E-state index in [-0.39, 0.29) is 12.0 Å². The van der Waals surface area contributed by atoms with Crippen molar-refractivity contribution in [2.45, 2.75) is 11.8 Å². The standard InChI is InChI=1S/C16H16F2O2/c17-14-7-4-8-15(18)13(14)9-16(10-19,11-20)12-5-2-1-3-6-12/h1-8,19-20H,9-11H2. The van der Waals surface area contributed by atoms with Crippen molar-refractivity contribution in [1.29, 1.82) is 0 Å². The zero-order valence-electron chi connectivity index (χ0n) is 10.9. The average molecular weight is 278 g/mol. The molecular formula is C16H16F2O2. The van der Waals surface area contributed by atoms with Crippen LogP contribution in [0.15, 0.2) is 48.5 Å². The van der Waals surface area contributed by atoms with Crippen LogP contribution in [-0.4, -0.2) is 23.4 Å². The lowest BCUT2D eigenvalue weighted by Crippen LogP contribution is -2.37. The molecule has 0 bridgehead atoms. The van der Waals surface area contributed by atoms with Gasteiger partial charge >= 0.3 is 0 Å². The summed E-state index contributed by atoms with van der Waals surface area (Å²) in [6, 6.07) is 12.4. The van der Waals surface area contributed by atoms with E-state index in [0.717, 1.165) is 0 Å². The first-order valence-electron chi connectivity index (χ1n) is 6.33. The van der Waals surface area contributed by atoms with E-state index in [1.807, 2.05) is 0 Å². The summed E-state index contributed by atoms with van der Waals surface area (Å²) in [6.07, 6.45) is -0.109. The van der Waals surface area contributed by atoms with Crippen molar-refractivity contribution in [2.24, 2.45) is 0 Å². The molecule has 0 amide bonds. The van der Waals surface area contributed by atoms with Crippen molar-refractivity contribution < 1.29 is 19.0 Å². The zero-order valence-corrected chi connectivity index (χ0v) is 10.9. The molecule has 2 N–H and O–H groups in total. The van der Waals surface area contributed by atoms with E-state index in [9.17, 15) is 19.0 Å². The first-order chi connectivity index (χ1) is 9.63. The third kappa shape index (κ3) is 2.71. The maximum atomic E-state index is 13.8. The summed E-state index contributed by atoms with van der Waals surface area (Å²) in [7, 11) is 0. The molecule has 106 valence electrons. The maximum Gasteiger partial charge on any atom is 0.129 e. The summed E-state index contributed by atoms with van der Waals surface area (Å²) in [6.45, 7) is -0.803. The Hall–Kier alpha value is -1.78. The predicted octanol–water partition coefficient (Wildman–Crippen LogP) is 2.43. The first kappa shape index (κ1) is 14.6. The van der Waals surface area contributed by atoms with Crippen molar-refractivity contribution in [3.05, 3.63) is 71.3 Å². The van der Waals surface area contributed by atoms with E-state index < -0.39 is 30.3 Å². The molecule has 2 nitrogen and oxygen atoms in total. The molecule has 20 heavy (non-hydrogen) atoms. The van der Waals surface area contributed by atoms with Crippen LogP contribution in [-0.2, 0) is 11.8 Å². The summed E-state index contributed by atoms with van der Waals surface area (Å²) in [5.74, 6) is -1.35. The number of hydrogen-bond donors (Lipinski definition) is 2. The Morgan fingerprint density at radius 1 is 0.800 bits per heavy atom. The van der Waals surface area contributed by atoms with Crippen LogP contribution in [0.25, 0.3) is 0 Å². The van der Waals surface area contributed by atoms with Crippen LogP contribution in [0.1, 0.15) is 11.1 Å². The molecule has 0 radical (unpaired) electrons. The van der Waals surface area contributed by atoms with E-state index >= 15 is 0 Å². The van der Waals surface area contributed by atoms with Crippen LogP contribution in [0.4, 0.5) is 8.78 Å². The van der Waals surface area contributed by atoms with Crippen LogP contribution >= 0.6 is 0 Å². The highest BCUT2D eigenvalue weighted by Crippen LogP contribution is 2.30. The number of aliphatic hydroxyl groups excluding tert-OH is 2. The number of aliphatic hydroxyl groups is 2. The lowest BCUT2D eigenvalue weighted by molar-refractivity contribution is 0.115. The molecule has 0 aliphatic heterocycles. The number of rotatable bonds is 5. The van der Waals surface area contributed by atoms with Crippen molar-refractivity contribution in [3.63, 3.8) is 0 Å². The van der Waals surface area contributed by atoms with Crippen LogP contribution in [0.5, 0.6) is 0 Å². The zero-order chi connectivity index (χ0) is 14.6. The smallest absolute Gasteiger partial charge is 0.129 e. The van der Waals surface area contributed by atoms with E-state index in [4.69, 9.17) is 0 Å². The fourth-order valence-corrected chi connectivity index (χ4v) is 2.28. The minimum atomic E-state index is -1.11. The molecular weight excluding hydrogens is 262 g/mol. The van der Waals surface area contributed by atoms with Gasteiger partial charge in [0.1, 0.15) is 11.6 Å². The molecule has 2 aromatic carbocycles. The SMILES string of the molecule is OCC(CO)(Cc1c(F)cccc1F)c1ccccc1. The monoisotopic (exact) mass is 278 g/mol. The van der Waals surface area contributed by atoms with E-state index in [0.29, 0.717) is 5.56 Å². The second-order valence-electron chi connectivity index (χ2n) is 4.84. The molecule has 2 aromatic rings. The van der Waals surface area contributed by atoms with E-state index in [2.05, 4.69) is 0 Å². The lowest BCUT2D eigenvalue weighted by Gasteiger charge is -2.30. The lowest BCUT2D eigenvalue weighted by atomic mass is 9.76. The van der Waals surface area contributed by atoms with Gasteiger partial charge < -0.3 is 10.2 Å². The summed E-state index contributed by atoms with van der Waals surface area (Å²) in [4.78, 5) is 0. The van der Waals surface area contributed by atoms with Gasteiger partial charge in [0.05, 0.1) is 13.2 Å². The highest BCUT2D eigenvalue weighted by Gasteiger charge is 2.33. The van der Waals surface area contributed by atoms with Gasteiger partial charge in [-0.2, -0.15) is 0 Å². The molecule has 0 heterocycles. The molecule has 0 fully saturated rings. The van der Waals surface area contributed by atoms with E-state index in [1.54, 1.807) is 30.3 Å². The van der Waals surface area contributed by atoms with Crippen molar-refractivity contribution >= 4 is 0 Å². The molecule has 0 aliphatic carbocycles. The molecule has 0 aliphatic rings. The van der Waals surface area contributed by atoms with Gasteiger partial charge in [0.15, 0.2) is 0 Å². The highest BCUT2D eigenvalue weighted by molar-refractivity contribution is 5.31. The summed E-state index contributed by atoms with van der Waals surface area (Å²) in [5.41, 5.74) is -0.586. The van der Waals surface area contributed by atoms with Gasteiger partial charge in [-0.25, -0.2) is 8.78 Å². The van der Waals surface area contributed by atoms with Gasteiger partial charge in [-0.1, -0.05) is 36.4 Å². The fraction of sp³-hybridized carbons (Fsp3) is 0.250. The van der Waals surface area contributed by atoms with Gasteiger partial charge in [-0.05, 0) is 24.1 Å². The highest BCUT2D eigenvalue weighted by atomic mass is 19.1. The predicted molar refractivity (Wildman–Crippen MR) is 72.4 cm³/mol. The molecule has 0 saturated heterocycles. The second kappa shape index (κ2) is 6.11. The van der Waals surface area contributed by atoms with Crippen LogP contribution < -0.4 is 0 Å². The Balaban J connectivity index is 2.45. The number of halogens is 2. The molecule has 0 aromatic heterocycles. The molecule has 0 atom stereocenters. The fourth-order valence-electron chi connectivity index (χ4n) is 2.28. The normalized spacial score (nSPS) is 11.6.